The summed E-state index contributed by atoms with van der Waals surface area (Å²) in [4.78, 5) is 33.6. The fraction of sp³-hybridized carbons (Fsp3) is 0.591. The van der Waals surface area contributed by atoms with E-state index in [0.717, 1.165) is 62.5 Å². The van der Waals surface area contributed by atoms with Crippen molar-refractivity contribution in [2.24, 2.45) is 5.92 Å². The van der Waals surface area contributed by atoms with Crippen LogP contribution in [0.1, 0.15) is 37.6 Å². The van der Waals surface area contributed by atoms with Gasteiger partial charge in [-0.3, -0.25) is 19.9 Å². The molecule has 1 aliphatic heterocycles. The summed E-state index contributed by atoms with van der Waals surface area (Å²) in [6, 6.07) is 8.05. The van der Waals surface area contributed by atoms with Crippen LogP contribution >= 0.6 is 11.3 Å². The third-order valence-electron chi connectivity index (χ3n) is 6.21. The Labute approximate surface area is 181 Å². The van der Waals surface area contributed by atoms with Gasteiger partial charge in [-0.1, -0.05) is 31.9 Å². The van der Waals surface area contributed by atoms with Crippen molar-refractivity contribution in [2.45, 2.75) is 45.2 Å². The first-order valence-electron chi connectivity index (χ1n) is 11.0. The Morgan fingerprint density at radius 2 is 1.83 bits per heavy atom. The lowest BCUT2D eigenvalue weighted by atomic mass is 9.86. The molecule has 0 unspecified atom stereocenters. The number of thiazole rings is 1. The van der Waals surface area contributed by atoms with Crippen LogP contribution < -0.4 is 10.6 Å². The molecule has 2 N–H and O–H groups in total. The van der Waals surface area contributed by atoms with Crippen LogP contribution in [0.4, 0.5) is 4.79 Å². The molecule has 30 heavy (non-hydrogen) atoms. The molecule has 0 radical (unpaired) electrons. The lowest BCUT2D eigenvalue weighted by molar-refractivity contribution is -0.121. The topological polar surface area (TPSA) is 77.6 Å². The molecule has 0 bridgehead atoms. The molecular weight excluding hydrogens is 398 g/mol. The monoisotopic (exact) mass is 429 g/mol. The van der Waals surface area contributed by atoms with E-state index in [9.17, 15) is 9.59 Å². The van der Waals surface area contributed by atoms with E-state index in [2.05, 4.69) is 39.5 Å². The molecular formula is C22H31N5O2S. The number of imide groups is 1. The van der Waals surface area contributed by atoms with Crippen molar-refractivity contribution >= 4 is 33.5 Å². The summed E-state index contributed by atoms with van der Waals surface area (Å²) in [5, 5.41) is 6.62. The highest BCUT2D eigenvalue weighted by atomic mass is 32.1. The van der Waals surface area contributed by atoms with Gasteiger partial charge in [-0.2, -0.15) is 0 Å². The molecule has 2 fully saturated rings. The van der Waals surface area contributed by atoms with E-state index < -0.39 is 0 Å². The van der Waals surface area contributed by atoms with Crippen molar-refractivity contribution in [1.29, 1.82) is 0 Å². The SMILES string of the molecule is C[C@@H]1CCCC[C@@H]1NC(=O)NC(=O)CN1CCN(Cc2nc3ccccc3s2)CC1. The Kier molecular flexibility index (Phi) is 6.97. The normalized spacial score (nSPS) is 23.4. The quantitative estimate of drug-likeness (QED) is 0.764. The number of aromatic nitrogens is 1. The molecule has 4 rings (SSSR count). The summed E-state index contributed by atoms with van der Waals surface area (Å²) >= 11 is 1.75. The average molecular weight is 430 g/mol. The summed E-state index contributed by atoms with van der Waals surface area (Å²) in [5.74, 6) is 0.249. The molecule has 2 atom stereocenters. The maximum absolute atomic E-state index is 12.3. The fourth-order valence-corrected chi connectivity index (χ4v) is 5.40. The minimum absolute atomic E-state index is 0.178. The average Bonchev–Trinajstić information content (AvgIpc) is 3.13. The predicted octanol–water partition coefficient (Wildman–Crippen LogP) is 2.82. The molecule has 3 amide bonds. The van der Waals surface area contributed by atoms with E-state index in [1.165, 1.54) is 11.1 Å². The van der Waals surface area contributed by atoms with E-state index in [0.29, 0.717) is 5.92 Å². The van der Waals surface area contributed by atoms with Gasteiger partial charge in [-0.05, 0) is 30.9 Å². The zero-order valence-electron chi connectivity index (χ0n) is 17.6. The summed E-state index contributed by atoms with van der Waals surface area (Å²) in [5.41, 5.74) is 1.06. The van der Waals surface area contributed by atoms with E-state index in [4.69, 9.17) is 4.98 Å². The van der Waals surface area contributed by atoms with Crippen LogP contribution in [0.3, 0.4) is 0 Å². The Morgan fingerprint density at radius 3 is 2.60 bits per heavy atom. The Balaban J connectivity index is 1.17. The van der Waals surface area contributed by atoms with Crippen LogP contribution in [0.15, 0.2) is 24.3 Å². The van der Waals surface area contributed by atoms with Crippen LogP contribution in [-0.2, 0) is 11.3 Å². The van der Waals surface area contributed by atoms with Crippen molar-refractivity contribution in [2.75, 3.05) is 32.7 Å². The molecule has 1 aliphatic carbocycles. The minimum atomic E-state index is -0.353. The summed E-state index contributed by atoms with van der Waals surface area (Å²) in [6.07, 6.45) is 4.51. The molecule has 1 saturated carbocycles. The van der Waals surface area contributed by atoms with Gasteiger partial charge >= 0.3 is 6.03 Å². The van der Waals surface area contributed by atoms with Gasteiger partial charge < -0.3 is 5.32 Å². The van der Waals surface area contributed by atoms with Gasteiger partial charge in [0, 0.05) is 32.2 Å². The second-order valence-corrected chi connectivity index (χ2v) is 9.63. The second-order valence-electron chi connectivity index (χ2n) is 8.52. The second kappa shape index (κ2) is 9.85. The number of hydrogen-bond acceptors (Lipinski definition) is 6. The molecule has 2 heterocycles. The van der Waals surface area contributed by atoms with Crippen LogP contribution in [-0.4, -0.2) is 65.5 Å². The smallest absolute Gasteiger partial charge is 0.321 e. The Hall–Kier alpha value is -2.03. The van der Waals surface area contributed by atoms with E-state index in [1.54, 1.807) is 11.3 Å². The molecule has 7 nitrogen and oxygen atoms in total. The largest absolute Gasteiger partial charge is 0.335 e. The number of amides is 3. The summed E-state index contributed by atoms with van der Waals surface area (Å²) in [6.45, 7) is 6.72. The third kappa shape index (κ3) is 5.56. The zero-order valence-corrected chi connectivity index (χ0v) is 18.4. The van der Waals surface area contributed by atoms with Crippen LogP contribution in [0.2, 0.25) is 0 Å². The first-order valence-corrected chi connectivity index (χ1v) is 11.8. The summed E-state index contributed by atoms with van der Waals surface area (Å²) < 4.78 is 1.23. The van der Waals surface area contributed by atoms with Crippen molar-refractivity contribution in [3.63, 3.8) is 0 Å². The van der Waals surface area contributed by atoms with Crippen molar-refractivity contribution < 1.29 is 9.59 Å². The Bertz CT molecular complexity index is 844. The van der Waals surface area contributed by atoms with Crippen LogP contribution in [0.25, 0.3) is 10.2 Å². The molecule has 2 aromatic rings. The third-order valence-corrected chi connectivity index (χ3v) is 7.23. The van der Waals surface area contributed by atoms with Crippen LogP contribution in [0.5, 0.6) is 0 Å². The lowest BCUT2D eigenvalue weighted by Gasteiger charge is -2.33. The number of benzene rings is 1. The highest BCUT2D eigenvalue weighted by molar-refractivity contribution is 7.18. The van der Waals surface area contributed by atoms with Gasteiger partial charge in [-0.15, -0.1) is 11.3 Å². The zero-order chi connectivity index (χ0) is 20.9. The van der Waals surface area contributed by atoms with Gasteiger partial charge in [0.1, 0.15) is 5.01 Å². The summed E-state index contributed by atoms with van der Waals surface area (Å²) in [7, 11) is 0. The molecule has 2 aliphatic rings. The molecule has 162 valence electrons. The molecule has 8 heteroatoms. The van der Waals surface area contributed by atoms with Gasteiger partial charge in [-0.25, -0.2) is 9.78 Å². The number of hydrogen-bond donors (Lipinski definition) is 2. The maximum Gasteiger partial charge on any atom is 0.321 e. The van der Waals surface area contributed by atoms with E-state index in [1.807, 2.05) is 12.1 Å². The standard InChI is InChI=1S/C22H31N5O2S/c1-16-6-2-3-7-17(16)24-22(29)25-20(28)14-26-10-12-27(13-11-26)15-21-23-18-8-4-5-9-19(18)30-21/h4-5,8-9,16-17H,2-3,6-7,10-15H2,1H3,(H2,24,25,28,29)/t16-,17+/m1/s1. The predicted molar refractivity (Wildman–Crippen MR) is 119 cm³/mol. The van der Waals surface area contributed by atoms with E-state index in [-0.39, 0.29) is 24.5 Å². The first-order chi connectivity index (χ1) is 14.6. The van der Waals surface area contributed by atoms with Gasteiger partial charge in [0.15, 0.2) is 0 Å². The molecule has 1 aromatic carbocycles. The number of para-hydroxylation sites is 1. The molecule has 0 spiro atoms. The highest BCUT2D eigenvalue weighted by Crippen LogP contribution is 2.24. The number of carbonyl (C=O) groups is 2. The van der Waals surface area contributed by atoms with Crippen molar-refractivity contribution in [3.8, 4) is 0 Å². The van der Waals surface area contributed by atoms with Crippen molar-refractivity contribution in [3.05, 3.63) is 29.3 Å². The highest BCUT2D eigenvalue weighted by Gasteiger charge is 2.24. The molecule has 1 aromatic heterocycles. The fourth-order valence-electron chi connectivity index (χ4n) is 4.39. The van der Waals surface area contributed by atoms with Gasteiger partial charge in [0.2, 0.25) is 5.91 Å². The minimum Gasteiger partial charge on any atom is -0.335 e. The van der Waals surface area contributed by atoms with Crippen molar-refractivity contribution in [1.82, 2.24) is 25.4 Å². The number of fused-ring (bicyclic) bond motifs is 1. The lowest BCUT2D eigenvalue weighted by Crippen LogP contribution is -2.52. The first kappa shape index (κ1) is 21.2. The van der Waals surface area contributed by atoms with Crippen LogP contribution in [0, 0.1) is 5.92 Å². The van der Waals surface area contributed by atoms with Gasteiger partial charge in [0.25, 0.3) is 0 Å². The number of rotatable bonds is 5. The Morgan fingerprint density at radius 1 is 1.10 bits per heavy atom. The van der Waals surface area contributed by atoms with Gasteiger partial charge in [0.05, 0.1) is 23.3 Å². The molecule has 1 saturated heterocycles. The number of urea groups is 1. The number of nitrogens with one attached hydrogen (secondary N) is 2. The van der Waals surface area contributed by atoms with E-state index >= 15 is 0 Å². The maximum atomic E-state index is 12.3. The number of carbonyl (C=O) groups excluding carboxylic acids is 2. The number of nitrogens with zero attached hydrogens (tertiary/aromatic N) is 3. The number of piperazine rings is 1.